The van der Waals surface area contributed by atoms with E-state index < -0.39 is 11.7 Å². The number of amides is 1. The zero-order valence-electron chi connectivity index (χ0n) is 17.2. The Morgan fingerprint density at radius 1 is 1.06 bits per heavy atom. The Balaban J connectivity index is 1.20. The Bertz CT molecular complexity index is 1130. The number of anilines is 1. The Morgan fingerprint density at radius 3 is 2.44 bits per heavy atom. The Kier molecular flexibility index (Phi) is 5.12. The van der Waals surface area contributed by atoms with Gasteiger partial charge in [-0.15, -0.1) is 0 Å². The van der Waals surface area contributed by atoms with Gasteiger partial charge in [-0.05, 0) is 67.5 Å². The quantitative estimate of drug-likeness (QED) is 0.505. The number of aromatic nitrogens is 1. The van der Waals surface area contributed by atoms with Gasteiger partial charge in [0.15, 0.2) is 0 Å². The van der Waals surface area contributed by atoms with Gasteiger partial charge in [0.05, 0.1) is 23.5 Å². The monoisotopic (exact) mass is 444 g/mol. The summed E-state index contributed by atoms with van der Waals surface area (Å²) in [6, 6.07) is 11.0. The van der Waals surface area contributed by atoms with E-state index in [4.69, 9.17) is 4.74 Å². The molecule has 3 N–H and O–H groups in total. The average molecular weight is 444 g/mol. The molecule has 2 saturated carbocycles. The van der Waals surface area contributed by atoms with E-state index >= 15 is 0 Å². The fraction of sp³-hybridized carbons (Fsp3) is 0.375. The summed E-state index contributed by atoms with van der Waals surface area (Å²) in [5.74, 6) is 0.612. The van der Waals surface area contributed by atoms with Crippen molar-refractivity contribution in [3.05, 3.63) is 59.8 Å². The van der Waals surface area contributed by atoms with Crippen LogP contribution < -0.4 is 10.1 Å². The van der Waals surface area contributed by atoms with Gasteiger partial charge in [0.1, 0.15) is 5.75 Å². The van der Waals surface area contributed by atoms with Crippen LogP contribution in [-0.2, 0) is 11.0 Å². The number of fused-ring (bicyclic) bond motifs is 1. The molecule has 8 heteroatoms. The van der Waals surface area contributed by atoms with Gasteiger partial charge in [0.2, 0.25) is 5.91 Å². The van der Waals surface area contributed by atoms with E-state index in [0.717, 1.165) is 41.4 Å². The molecule has 32 heavy (non-hydrogen) atoms. The van der Waals surface area contributed by atoms with Gasteiger partial charge in [-0.2, -0.15) is 13.2 Å². The lowest BCUT2D eigenvalue weighted by atomic mass is 9.77. The molecular formula is C24H23F3N2O3. The molecule has 168 valence electrons. The molecule has 5 rings (SSSR count). The molecule has 2 aromatic carbocycles. The van der Waals surface area contributed by atoms with Gasteiger partial charge in [-0.1, -0.05) is 12.1 Å². The van der Waals surface area contributed by atoms with Crippen molar-refractivity contribution >= 4 is 22.5 Å². The Labute approximate surface area is 182 Å². The van der Waals surface area contributed by atoms with Crippen molar-refractivity contribution in [2.75, 3.05) is 5.32 Å². The van der Waals surface area contributed by atoms with Crippen LogP contribution in [0, 0.1) is 5.92 Å². The van der Waals surface area contributed by atoms with Crippen molar-refractivity contribution in [3.8, 4) is 5.75 Å². The van der Waals surface area contributed by atoms with E-state index in [1.54, 1.807) is 18.3 Å². The van der Waals surface area contributed by atoms with Crippen molar-refractivity contribution in [2.24, 2.45) is 5.92 Å². The number of rotatable bonds is 5. The number of benzene rings is 2. The number of ether oxygens (including phenoxy) is 1. The lowest BCUT2D eigenvalue weighted by Crippen LogP contribution is -2.37. The van der Waals surface area contributed by atoms with Crippen LogP contribution in [0.15, 0.2) is 48.7 Å². The fourth-order valence-corrected chi connectivity index (χ4v) is 4.38. The van der Waals surface area contributed by atoms with Crippen LogP contribution in [0.5, 0.6) is 5.75 Å². The lowest BCUT2D eigenvalue weighted by molar-refractivity contribution is -0.137. The molecule has 2 aliphatic carbocycles. The maximum Gasteiger partial charge on any atom is 0.416 e. The van der Waals surface area contributed by atoms with Gasteiger partial charge in [0.25, 0.3) is 0 Å². The summed E-state index contributed by atoms with van der Waals surface area (Å²) in [5.41, 5.74) is 1.81. The highest BCUT2D eigenvalue weighted by atomic mass is 19.4. The lowest BCUT2D eigenvalue weighted by Gasteiger charge is -2.35. The smallest absolute Gasteiger partial charge is 0.416 e. The van der Waals surface area contributed by atoms with E-state index in [2.05, 4.69) is 10.3 Å². The molecule has 1 heterocycles. The molecule has 5 nitrogen and oxygen atoms in total. The highest BCUT2D eigenvalue weighted by Crippen LogP contribution is 2.41. The predicted octanol–water partition coefficient (Wildman–Crippen LogP) is 5.22. The van der Waals surface area contributed by atoms with Crippen LogP contribution in [0.2, 0.25) is 0 Å². The number of nitrogens with one attached hydrogen (secondary N) is 2. The third kappa shape index (κ3) is 4.07. The number of halogens is 3. The molecule has 0 saturated heterocycles. The molecule has 0 aliphatic heterocycles. The Morgan fingerprint density at radius 2 is 1.78 bits per heavy atom. The largest absolute Gasteiger partial charge is 0.490 e. The molecule has 1 aromatic heterocycles. The van der Waals surface area contributed by atoms with Crippen LogP contribution in [0.3, 0.4) is 0 Å². The van der Waals surface area contributed by atoms with Crippen molar-refractivity contribution in [1.29, 1.82) is 0 Å². The van der Waals surface area contributed by atoms with E-state index in [9.17, 15) is 23.1 Å². The van der Waals surface area contributed by atoms with Gasteiger partial charge >= 0.3 is 6.18 Å². The number of aliphatic hydroxyl groups is 1. The van der Waals surface area contributed by atoms with Crippen molar-refractivity contribution in [3.63, 3.8) is 0 Å². The van der Waals surface area contributed by atoms with Gasteiger partial charge in [-0.25, -0.2) is 0 Å². The van der Waals surface area contributed by atoms with Gasteiger partial charge < -0.3 is 20.1 Å². The summed E-state index contributed by atoms with van der Waals surface area (Å²) in [6.07, 6.45) is -0.511. The summed E-state index contributed by atoms with van der Waals surface area (Å²) in [5, 5.41) is 13.2. The molecule has 0 spiro atoms. The maximum atomic E-state index is 12.7. The summed E-state index contributed by atoms with van der Waals surface area (Å²) in [7, 11) is 0. The third-order valence-electron chi connectivity index (χ3n) is 6.50. The van der Waals surface area contributed by atoms with E-state index in [0.29, 0.717) is 24.3 Å². The first-order valence-electron chi connectivity index (χ1n) is 10.7. The van der Waals surface area contributed by atoms with E-state index in [1.165, 1.54) is 0 Å². The van der Waals surface area contributed by atoms with Crippen LogP contribution in [0.1, 0.15) is 42.7 Å². The zero-order chi connectivity index (χ0) is 22.5. The molecule has 3 aromatic rings. The zero-order valence-corrected chi connectivity index (χ0v) is 17.2. The minimum absolute atomic E-state index is 0.00631. The number of carbonyl (C=O) groups is 1. The highest BCUT2D eigenvalue weighted by Gasteiger charge is 2.35. The van der Waals surface area contributed by atoms with Crippen molar-refractivity contribution in [1.82, 2.24) is 4.98 Å². The molecule has 1 amide bonds. The number of aliphatic hydroxyl groups excluding tert-OH is 1. The molecule has 2 fully saturated rings. The fourth-order valence-electron chi connectivity index (χ4n) is 4.38. The summed E-state index contributed by atoms with van der Waals surface area (Å²) < 4.78 is 44.3. The molecule has 0 radical (unpaired) electrons. The predicted molar refractivity (Wildman–Crippen MR) is 113 cm³/mol. The second-order valence-electron chi connectivity index (χ2n) is 8.75. The van der Waals surface area contributed by atoms with E-state index in [1.807, 2.05) is 18.2 Å². The van der Waals surface area contributed by atoms with Crippen molar-refractivity contribution in [2.45, 2.75) is 50.0 Å². The highest BCUT2D eigenvalue weighted by molar-refractivity contribution is 6.03. The van der Waals surface area contributed by atoms with Crippen LogP contribution in [-0.4, -0.2) is 28.2 Å². The SMILES string of the molecule is O=C(Nc1c[nH]c2ccc(OC3CC(c4ccc(C(F)(F)F)cc4)C3)cc12)C1CC(O)C1. The van der Waals surface area contributed by atoms with Gasteiger partial charge in [0, 0.05) is 23.0 Å². The van der Waals surface area contributed by atoms with Crippen LogP contribution in [0.4, 0.5) is 18.9 Å². The summed E-state index contributed by atoms with van der Waals surface area (Å²) in [4.78, 5) is 15.4. The first-order valence-corrected chi connectivity index (χ1v) is 10.7. The van der Waals surface area contributed by atoms with Crippen molar-refractivity contribution < 1.29 is 27.8 Å². The van der Waals surface area contributed by atoms with Gasteiger partial charge in [-0.3, -0.25) is 4.79 Å². The molecule has 0 bridgehead atoms. The first kappa shape index (κ1) is 20.9. The number of hydrogen-bond donors (Lipinski definition) is 3. The van der Waals surface area contributed by atoms with Crippen LogP contribution >= 0.6 is 0 Å². The molecular weight excluding hydrogens is 421 g/mol. The number of hydrogen-bond acceptors (Lipinski definition) is 3. The molecule has 0 atom stereocenters. The average Bonchev–Trinajstić information content (AvgIpc) is 3.09. The van der Waals surface area contributed by atoms with E-state index in [-0.39, 0.29) is 30.0 Å². The second kappa shape index (κ2) is 7.85. The minimum atomic E-state index is -4.32. The third-order valence-corrected chi connectivity index (χ3v) is 6.50. The number of alkyl halides is 3. The number of aromatic amines is 1. The maximum absolute atomic E-state index is 12.7. The first-order chi connectivity index (χ1) is 15.3. The summed E-state index contributed by atoms with van der Waals surface area (Å²) in [6.45, 7) is 0. The number of H-pyrrole nitrogens is 1. The Hall–Kier alpha value is -3.00. The molecule has 2 aliphatic rings. The standard InChI is InChI=1S/C24H23F3N2O3/c25-24(26,27)16-3-1-13(2-4-16)14-9-19(10-14)32-18-5-6-21-20(11-18)22(12-28-21)29-23(31)15-7-17(30)8-15/h1-6,11-12,14-15,17,19,28,30H,7-10H2,(H,29,31). The minimum Gasteiger partial charge on any atom is -0.490 e. The number of carbonyl (C=O) groups excluding carboxylic acids is 1. The topological polar surface area (TPSA) is 74.4 Å². The van der Waals surface area contributed by atoms with Crippen LogP contribution in [0.25, 0.3) is 10.9 Å². The second-order valence-corrected chi connectivity index (χ2v) is 8.75. The molecule has 0 unspecified atom stereocenters. The summed E-state index contributed by atoms with van der Waals surface area (Å²) >= 11 is 0. The normalized spacial score (nSPS) is 25.1.